The molecule has 1 aromatic carbocycles. The van der Waals surface area contributed by atoms with E-state index in [9.17, 15) is 13.2 Å². The molecule has 0 amide bonds. The van der Waals surface area contributed by atoms with Crippen LogP contribution in [0, 0.1) is 5.92 Å². The molecule has 2 rings (SSSR count). The molecule has 1 aliphatic heterocycles. The van der Waals surface area contributed by atoms with Crippen LogP contribution < -0.4 is 0 Å². The maximum Gasteiger partial charge on any atom is 0.337 e. The van der Waals surface area contributed by atoms with E-state index < -0.39 is 16.0 Å². The Morgan fingerprint density at radius 2 is 1.95 bits per heavy atom. The molecule has 0 bridgehead atoms. The predicted molar refractivity (Wildman–Crippen MR) is 83.3 cm³/mol. The Balaban J connectivity index is 2.43. The van der Waals surface area contributed by atoms with Crippen molar-refractivity contribution in [2.24, 2.45) is 5.92 Å². The number of sulfonamides is 1. The summed E-state index contributed by atoms with van der Waals surface area (Å²) in [4.78, 5) is 11.1. The Bertz CT molecular complexity index is 669. The molecule has 1 heterocycles. The number of piperidine rings is 1. The SMILES string of the molecule is CC1CCN(S(=O)(=O)c2cc(Br)c(Cl)c(C(=O)O)c2)CC1. The van der Waals surface area contributed by atoms with Crippen LogP contribution in [0.3, 0.4) is 0 Å². The third kappa shape index (κ3) is 3.41. The summed E-state index contributed by atoms with van der Waals surface area (Å²) in [5.41, 5.74) is -0.227. The van der Waals surface area contributed by atoms with Gasteiger partial charge in [-0.25, -0.2) is 13.2 Å². The zero-order chi connectivity index (χ0) is 15.8. The van der Waals surface area contributed by atoms with E-state index in [2.05, 4.69) is 22.9 Å². The van der Waals surface area contributed by atoms with Crippen LogP contribution in [-0.2, 0) is 10.0 Å². The average Bonchev–Trinajstić information content (AvgIpc) is 2.41. The summed E-state index contributed by atoms with van der Waals surface area (Å²) in [6.45, 7) is 2.99. The molecule has 0 spiro atoms. The zero-order valence-corrected chi connectivity index (χ0v) is 14.5. The molecule has 0 saturated carbocycles. The number of hydrogen-bond acceptors (Lipinski definition) is 3. The minimum atomic E-state index is -3.70. The average molecular weight is 397 g/mol. The van der Waals surface area contributed by atoms with E-state index in [1.54, 1.807) is 0 Å². The second kappa shape index (κ2) is 6.24. The summed E-state index contributed by atoms with van der Waals surface area (Å²) in [7, 11) is -3.70. The first-order chi connectivity index (χ1) is 9.73. The number of benzene rings is 1. The van der Waals surface area contributed by atoms with Crippen LogP contribution in [0.1, 0.15) is 30.1 Å². The second-order valence-corrected chi connectivity index (χ2v) is 8.33. The number of nitrogens with zero attached hydrogens (tertiary/aromatic N) is 1. The van der Waals surface area contributed by atoms with Crippen molar-refractivity contribution in [2.45, 2.75) is 24.7 Å². The minimum Gasteiger partial charge on any atom is -0.478 e. The van der Waals surface area contributed by atoms with Gasteiger partial charge in [-0.05, 0) is 46.8 Å². The lowest BCUT2D eigenvalue weighted by Gasteiger charge is -2.29. The van der Waals surface area contributed by atoms with Crippen molar-refractivity contribution in [1.29, 1.82) is 0 Å². The van der Waals surface area contributed by atoms with E-state index in [1.807, 2.05) is 0 Å². The molecule has 0 aromatic heterocycles. The number of halogens is 2. The highest BCUT2D eigenvalue weighted by atomic mass is 79.9. The summed E-state index contributed by atoms with van der Waals surface area (Å²) in [5, 5.41) is 9.11. The lowest BCUT2D eigenvalue weighted by atomic mass is 10.0. The summed E-state index contributed by atoms with van der Waals surface area (Å²) >= 11 is 8.99. The minimum absolute atomic E-state index is 0.00582. The van der Waals surface area contributed by atoms with Crippen LogP contribution in [-0.4, -0.2) is 36.9 Å². The van der Waals surface area contributed by atoms with Crippen LogP contribution in [0.5, 0.6) is 0 Å². The molecule has 1 aromatic rings. The van der Waals surface area contributed by atoms with Gasteiger partial charge >= 0.3 is 5.97 Å². The van der Waals surface area contributed by atoms with Crippen molar-refractivity contribution >= 4 is 43.5 Å². The Labute approximate surface area is 137 Å². The highest BCUT2D eigenvalue weighted by Gasteiger charge is 2.29. The van der Waals surface area contributed by atoms with Crippen molar-refractivity contribution in [3.8, 4) is 0 Å². The van der Waals surface area contributed by atoms with Crippen LogP contribution >= 0.6 is 27.5 Å². The first kappa shape index (κ1) is 16.7. The van der Waals surface area contributed by atoms with Gasteiger partial charge in [0.2, 0.25) is 10.0 Å². The Hall–Kier alpha value is -0.630. The topological polar surface area (TPSA) is 74.7 Å². The summed E-state index contributed by atoms with van der Waals surface area (Å²) < 4.78 is 26.9. The van der Waals surface area contributed by atoms with Gasteiger partial charge in [0.05, 0.1) is 15.5 Å². The first-order valence-electron chi connectivity index (χ1n) is 6.46. The van der Waals surface area contributed by atoms with Gasteiger partial charge in [-0.3, -0.25) is 0 Å². The van der Waals surface area contributed by atoms with Crippen molar-refractivity contribution in [1.82, 2.24) is 4.31 Å². The molecule has 0 atom stereocenters. The molecular weight excluding hydrogens is 382 g/mol. The quantitative estimate of drug-likeness (QED) is 0.851. The van der Waals surface area contributed by atoms with Crippen LogP contribution in [0.2, 0.25) is 5.02 Å². The Morgan fingerprint density at radius 1 is 1.38 bits per heavy atom. The van der Waals surface area contributed by atoms with Crippen molar-refractivity contribution in [2.75, 3.05) is 13.1 Å². The van der Waals surface area contributed by atoms with Crippen molar-refractivity contribution in [3.05, 3.63) is 27.2 Å². The van der Waals surface area contributed by atoms with Gasteiger partial charge in [-0.2, -0.15) is 4.31 Å². The molecular formula is C13H15BrClNO4S. The van der Waals surface area contributed by atoms with Crippen LogP contribution in [0.25, 0.3) is 0 Å². The molecule has 5 nitrogen and oxygen atoms in total. The lowest BCUT2D eigenvalue weighted by molar-refractivity contribution is 0.0696. The maximum absolute atomic E-state index is 12.6. The largest absolute Gasteiger partial charge is 0.478 e. The van der Waals surface area contributed by atoms with Crippen LogP contribution in [0.15, 0.2) is 21.5 Å². The number of carboxylic acids is 1. The highest BCUT2D eigenvalue weighted by molar-refractivity contribution is 9.10. The number of carbonyl (C=O) groups is 1. The van der Waals surface area contributed by atoms with E-state index >= 15 is 0 Å². The van der Waals surface area contributed by atoms with Gasteiger partial charge in [-0.15, -0.1) is 0 Å². The first-order valence-corrected chi connectivity index (χ1v) is 9.07. The molecule has 21 heavy (non-hydrogen) atoms. The van der Waals surface area contributed by atoms with Crippen molar-refractivity contribution < 1.29 is 18.3 Å². The molecule has 0 unspecified atom stereocenters. The molecule has 1 N–H and O–H groups in total. The highest BCUT2D eigenvalue weighted by Crippen LogP contribution is 2.32. The lowest BCUT2D eigenvalue weighted by Crippen LogP contribution is -2.37. The summed E-state index contributed by atoms with van der Waals surface area (Å²) in [6, 6.07) is 2.46. The van der Waals surface area contributed by atoms with Crippen molar-refractivity contribution in [3.63, 3.8) is 0 Å². The van der Waals surface area contributed by atoms with Crippen LogP contribution in [0.4, 0.5) is 0 Å². The fourth-order valence-electron chi connectivity index (χ4n) is 2.24. The Kier molecular flexibility index (Phi) is 4.97. The van der Waals surface area contributed by atoms with E-state index in [0.29, 0.717) is 19.0 Å². The predicted octanol–water partition coefficient (Wildman–Crippen LogP) is 3.22. The van der Waals surface area contributed by atoms with E-state index in [1.165, 1.54) is 10.4 Å². The number of hydrogen-bond donors (Lipinski definition) is 1. The fourth-order valence-corrected chi connectivity index (χ4v) is 4.57. The monoisotopic (exact) mass is 395 g/mol. The summed E-state index contributed by atoms with van der Waals surface area (Å²) in [6.07, 6.45) is 1.61. The Morgan fingerprint density at radius 3 is 2.48 bits per heavy atom. The number of rotatable bonds is 3. The normalized spacial score (nSPS) is 17.9. The van der Waals surface area contributed by atoms with Gasteiger partial charge in [0, 0.05) is 17.6 Å². The molecule has 1 fully saturated rings. The van der Waals surface area contributed by atoms with Gasteiger partial charge in [0.15, 0.2) is 0 Å². The molecule has 0 aliphatic carbocycles. The smallest absolute Gasteiger partial charge is 0.337 e. The standard InChI is InChI=1S/C13H15BrClNO4S/c1-8-2-4-16(5-3-8)21(19,20)9-6-10(13(17)18)12(15)11(14)7-9/h6-8H,2-5H2,1H3,(H,17,18). The second-order valence-electron chi connectivity index (χ2n) is 5.16. The number of carboxylic acid groups (broad SMARTS) is 1. The maximum atomic E-state index is 12.6. The van der Waals surface area contributed by atoms with E-state index in [4.69, 9.17) is 16.7 Å². The van der Waals surface area contributed by atoms with Gasteiger partial charge in [0.1, 0.15) is 0 Å². The van der Waals surface area contributed by atoms with Gasteiger partial charge in [0.25, 0.3) is 0 Å². The van der Waals surface area contributed by atoms with Gasteiger partial charge in [-0.1, -0.05) is 18.5 Å². The molecule has 0 radical (unpaired) electrons. The third-order valence-electron chi connectivity index (χ3n) is 3.61. The molecule has 1 saturated heterocycles. The zero-order valence-electron chi connectivity index (χ0n) is 11.3. The van der Waals surface area contributed by atoms with E-state index in [0.717, 1.165) is 18.9 Å². The fraction of sp³-hybridized carbons (Fsp3) is 0.462. The number of aromatic carboxylic acids is 1. The molecule has 8 heteroatoms. The van der Waals surface area contributed by atoms with E-state index in [-0.39, 0.29) is 20.0 Å². The van der Waals surface area contributed by atoms with Gasteiger partial charge < -0.3 is 5.11 Å². The molecule has 116 valence electrons. The third-order valence-corrected chi connectivity index (χ3v) is 6.75. The molecule has 1 aliphatic rings. The summed E-state index contributed by atoms with van der Waals surface area (Å²) in [5.74, 6) is -0.756.